The third kappa shape index (κ3) is 10.9. The molecule has 1 aliphatic heterocycles. The Morgan fingerprint density at radius 1 is 1.03 bits per heavy atom. The van der Waals surface area contributed by atoms with Crippen LogP contribution in [0.25, 0.3) is 0 Å². The number of ether oxygens (including phenoxy) is 2. The largest absolute Gasteiger partial charge is 0.444 e. The maximum absolute atomic E-state index is 13.4. The Bertz CT molecular complexity index is 631. The maximum Gasteiger partial charge on any atom is 0.407 e. The molecule has 1 saturated carbocycles. The first kappa shape index (κ1) is 28.9. The summed E-state index contributed by atoms with van der Waals surface area (Å²) in [6.07, 6.45) is 6.22. The number of carbonyl (C=O) groups excluding carboxylic acids is 2. The topological polar surface area (TPSA) is 80.3 Å². The molecule has 1 saturated heterocycles. The predicted molar refractivity (Wildman–Crippen MR) is 133 cm³/mol. The molecule has 8 nitrogen and oxygen atoms in total. The molecule has 0 bridgehead atoms. The summed E-state index contributed by atoms with van der Waals surface area (Å²) in [7, 11) is 0. The quantitative estimate of drug-likeness (QED) is 0.486. The average molecular weight is 484 g/mol. The van der Waals surface area contributed by atoms with E-state index in [1.807, 2.05) is 48.5 Å². The van der Waals surface area contributed by atoms with Gasteiger partial charge in [0.1, 0.15) is 5.60 Å². The van der Waals surface area contributed by atoms with E-state index < -0.39 is 17.3 Å². The van der Waals surface area contributed by atoms with Crippen molar-refractivity contribution in [1.29, 1.82) is 0 Å². The molecule has 1 N–H and O–H groups in total. The van der Waals surface area contributed by atoms with Gasteiger partial charge in [0.25, 0.3) is 0 Å². The van der Waals surface area contributed by atoms with E-state index in [1.165, 1.54) is 19.3 Å². The summed E-state index contributed by atoms with van der Waals surface area (Å²) in [4.78, 5) is 34.4. The lowest BCUT2D eigenvalue weighted by molar-refractivity contribution is -0.243. The molecule has 0 unspecified atom stereocenters. The van der Waals surface area contributed by atoms with Gasteiger partial charge in [0.15, 0.2) is 0 Å². The number of amides is 2. The molecule has 2 amide bonds. The van der Waals surface area contributed by atoms with Crippen molar-refractivity contribution in [2.45, 2.75) is 117 Å². The fraction of sp³-hybridized carbons (Fsp3) is 0.923. The number of nitrogens with zero attached hydrogens (tertiary/aromatic N) is 2. The van der Waals surface area contributed by atoms with Crippen molar-refractivity contribution in [3.63, 3.8) is 0 Å². The van der Waals surface area contributed by atoms with Gasteiger partial charge in [-0.3, -0.25) is 14.5 Å². The molecule has 0 aromatic carbocycles. The van der Waals surface area contributed by atoms with Crippen LogP contribution in [-0.2, 0) is 19.1 Å². The van der Waals surface area contributed by atoms with Crippen LogP contribution in [0.1, 0.15) is 93.4 Å². The summed E-state index contributed by atoms with van der Waals surface area (Å²) in [6.45, 7) is 17.4. The molecule has 2 rings (SSSR count). The zero-order valence-electron chi connectivity index (χ0n) is 22.7. The molecule has 2 aliphatic rings. The maximum atomic E-state index is 13.4. The van der Waals surface area contributed by atoms with E-state index in [0.29, 0.717) is 18.8 Å². The van der Waals surface area contributed by atoms with E-state index in [1.54, 1.807) is 5.06 Å². The number of alkyl carbamates (subject to hydrolysis) is 1. The fourth-order valence-electron chi connectivity index (χ4n) is 4.72. The van der Waals surface area contributed by atoms with Gasteiger partial charge < -0.3 is 14.8 Å². The van der Waals surface area contributed by atoms with E-state index in [0.717, 1.165) is 45.7 Å². The SMILES string of the molecule is C[C@@H](CN1CCOCC1)N(OC(C)(C)C)C(=O)CC[C@H](NC(=O)OC(C)(C)C)C1CCCCC1. The van der Waals surface area contributed by atoms with Crippen molar-refractivity contribution in [3.8, 4) is 0 Å². The highest BCUT2D eigenvalue weighted by Crippen LogP contribution is 2.29. The number of morpholine rings is 1. The summed E-state index contributed by atoms with van der Waals surface area (Å²) >= 11 is 0. The summed E-state index contributed by atoms with van der Waals surface area (Å²) in [6, 6.07) is -0.165. The van der Waals surface area contributed by atoms with Gasteiger partial charge in [0.2, 0.25) is 5.91 Å². The molecule has 0 aromatic heterocycles. The van der Waals surface area contributed by atoms with Gasteiger partial charge in [-0.05, 0) is 73.6 Å². The molecule has 8 heteroatoms. The van der Waals surface area contributed by atoms with E-state index in [4.69, 9.17) is 14.3 Å². The van der Waals surface area contributed by atoms with E-state index in [2.05, 4.69) is 10.2 Å². The Kier molecular flexibility index (Phi) is 11.1. The first-order chi connectivity index (χ1) is 15.8. The minimum Gasteiger partial charge on any atom is -0.444 e. The van der Waals surface area contributed by atoms with Gasteiger partial charge in [-0.15, -0.1) is 0 Å². The smallest absolute Gasteiger partial charge is 0.407 e. The van der Waals surface area contributed by atoms with Crippen molar-refractivity contribution >= 4 is 12.0 Å². The number of hydrogen-bond donors (Lipinski definition) is 1. The number of hydroxylamine groups is 2. The second-order valence-electron chi connectivity index (χ2n) is 11.9. The Balaban J connectivity index is 2.04. The normalized spacial score (nSPS) is 20.4. The van der Waals surface area contributed by atoms with Gasteiger partial charge in [0.05, 0.1) is 24.9 Å². The molecule has 1 aliphatic carbocycles. The van der Waals surface area contributed by atoms with E-state index in [9.17, 15) is 9.59 Å². The minimum atomic E-state index is -0.552. The van der Waals surface area contributed by atoms with Crippen molar-refractivity contribution in [2.75, 3.05) is 32.8 Å². The molecular weight excluding hydrogens is 434 g/mol. The fourth-order valence-corrected chi connectivity index (χ4v) is 4.72. The molecule has 1 heterocycles. The van der Waals surface area contributed by atoms with Crippen molar-refractivity contribution in [2.24, 2.45) is 5.92 Å². The van der Waals surface area contributed by atoms with Crippen LogP contribution in [-0.4, -0.2) is 78.1 Å². The Hall–Kier alpha value is -1.38. The molecule has 198 valence electrons. The molecular formula is C26H49N3O5. The third-order valence-corrected chi connectivity index (χ3v) is 6.23. The lowest BCUT2D eigenvalue weighted by Gasteiger charge is -2.38. The highest BCUT2D eigenvalue weighted by atomic mass is 16.7. The van der Waals surface area contributed by atoms with Crippen molar-refractivity contribution in [3.05, 3.63) is 0 Å². The Morgan fingerprint density at radius 3 is 2.21 bits per heavy atom. The number of carbonyl (C=O) groups is 2. The van der Waals surface area contributed by atoms with Gasteiger partial charge >= 0.3 is 6.09 Å². The minimum absolute atomic E-state index is 0.0394. The average Bonchev–Trinajstić information content (AvgIpc) is 2.74. The zero-order chi connectivity index (χ0) is 25.4. The van der Waals surface area contributed by atoms with Crippen LogP contribution in [0, 0.1) is 5.92 Å². The molecule has 0 spiro atoms. The summed E-state index contributed by atoms with van der Waals surface area (Å²) in [5, 5.41) is 4.66. The highest BCUT2D eigenvalue weighted by Gasteiger charge is 2.31. The number of hydrogen-bond acceptors (Lipinski definition) is 6. The van der Waals surface area contributed by atoms with Crippen LogP contribution in [0.2, 0.25) is 0 Å². The molecule has 0 radical (unpaired) electrons. The van der Waals surface area contributed by atoms with Crippen LogP contribution in [0.4, 0.5) is 4.79 Å². The number of nitrogens with one attached hydrogen (secondary N) is 1. The lowest BCUT2D eigenvalue weighted by atomic mass is 9.82. The molecule has 2 atom stereocenters. The Morgan fingerprint density at radius 2 is 1.65 bits per heavy atom. The Labute approximate surface area is 207 Å². The number of rotatable bonds is 9. The summed E-state index contributed by atoms with van der Waals surface area (Å²) in [5.41, 5.74) is -1.03. The predicted octanol–water partition coefficient (Wildman–Crippen LogP) is 4.52. The van der Waals surface area contributed by atoms with Gasteiger partial charge in [-0.2, -0.15) is 0 Å². The monoisotopic (exact) mass is 483 g/mol. The van der Waals surface area contributed by atoms with Crippen molar-refractivity contribution in [1.82, 2.24) is 15.3 Å². The lowest BCUT2D eigenvalue weighted by Crippen LogP contribution is -2.51. The van der Waals surface area contributed by atoms with Gasteiger partial charge in [0, 0.05) is 32.1 Å². The van der Waals surface area contributed by atoms with Crippen LogP contribution < -0.4 is 5.32 Å². The first-order valence-corrected chi connectivity index (χ1v) is 13.1. The third-order valence-electron chi connectivity index (χ3n) is 6.23. The van der Waals surface area contributed by atoms with Gasteiger partial charge in [-0.1, -0.05) is 19.3 Å². The summed E-state index contributed by atoms with van der Waals surface area (Å²) in [5.74, 6) is 0.333. The van der Waals surface area contributed by atoms with E-state index in [-0.39, 0.29) is 18.0 Å². The molecule has 0 aromatic rings. The summed E-state index contributed by atoms with van der Waals surface area (Å²) < 4.78 is 11.0. The molecule has 34 heavy (non-hydrogen) atoms. The van der Waals surface area contributed by atoms with E-state index >= 15 is 0 Å². The van der Waals surface area contributed by atoms with Crippen LogP contribution in [0.15, 0.2) is 0 Å². The van der Waals surface area contributed by atoms with Gasteiger partial charge in [-0.25, -0.2) is 9.86 Å². The van der Waals surface area contributed by atoms with Crippen LogP contribution in [0.3, 0.4) is 0 Å². The highest BCUT2D eigenvalue weighted by molar-refractivity contribution is 5.75. The zero-order valence-corrected chi connectivity index (χ0v) is 22.7. The van der Waals surface area contributed by atoms with Crippen LogP contribution >= 0.6 is 0 Å². The molecule has 2 fully saturated rings. The van der Waals surface area contributed by atoms with Crippen LogP contribution in [0.5, 0.6) is 0 Å². The second kappa shape index (κ2) is 13.1. The standard InChI is InChI=1S/C26H49N3O5/c1-20(19-28-15-17-32-18-16-28)29(34-26(5,6)7)23(30)14-13-22(21-11-9-8-10-12-21)27-24(31)33-25(2,3)4/h20-22H,8-19H2,1-7H3,(H,27,31)/t20-,22-/m0/s1. The second-order valence-corrected chi connectivity index (χ2v) is 11.9. The first-order valence-electron chi connectivity index (χ1n) is 13.1. The van der Waals surface area contributed by atoms with Crippen molar-refractivity contribution < 1.29 is 23.9 Å².